The second-order valence-electron chi connectivity index (χ2n) is 6.29. The largest absolute Gasteiger partial charge is 0.396 e. The molecule has 0 aliphatic heterocycles. The van der Waals surface area contributed by atoms with E-state index in [0.29, 0.717) is 31.2 Å². The highest BCUT2D eigenvalue weighted by Crippen LogP contribution is 2.13. The van der Waals surface area contributed by atoms with Gasteiger partial charge in [0.25, 0.3) is 5.91 Å². The fourth-order valence-corrected chi connectivity index (χ4v) is 2.92. The Morgan fingerprint density at radius 3 is 2.31 bits per heavy atom. The highest BCUT2D eigenvalue weighted by atomic mass is 127. The minimum atomic E-state index is -0.0799. The van der Waals surface area contributed by atoms with Gasteiger partial charge in [0.2, 0.25) is 0 Å². The lowest BCUT2D eigenvalue weighted by molar-refractivity contribution is 0.0953. The summed E-state index contributed by atoms with van der Waals surface area (Å²) in [4.78, 5) is 16.2. The molecule has 0 fully saturated rings. The highest BCUT2D eigenvalue weighted by Gasteiger charge is 2.10. The van der Waals surface area contributed by atoms with Gasteiger partial charge in [0, 0.05) is 42.6 Å². The Morgan fingerprint density at radius 2 is 1.69 bits per heavy atom. The van der Waals surface area contributed by atoms with Gasteiger partial charge in [-0.2, -0.15) is 0 Å². The molecule has 1 atom stereocenters. The van der Waals surface area contributed by atoms with Crippen LogP contribution in [0.3, 0.4) is 0 Å². The summed E-state index contributed by atoms with van der Waals surface area (Å²) in [7, 11) is 1.71. The summed E-state index contributed by atoms with van der Waals surface area (Å²) < 4.78 is 0.947. The first-order valence-corrected chi connectivity index (χ1v) is 10.1. The molecule has 1 unspecified atom stereocenters. The van der Waals surface area contributed by atoms with E-state index in [1.165, 1.54) is 0 Å². The van der Waals surface area contributed by atoms with Gasteiger partial charge in [-0.25, -0.2) is 0 Å². The van der Waals surface area contributed by atoms with Crippen LogP contribution in [0.1, 0.15) is 28.3 Å². The lowest BCUT2D eigenvalue weighted by Gasteiger charge is -2.18. The number of halogens is 2. The van der Waals surface area contributed by atoms with Crippen LogP contribution >= 0.6 is 39.9 Å². The number of benzene rings is 2. The van der Waals surface area contributed by atoms with Gasteiger partial charge < -0.3 is 21.1 Å². The first kappa shape index (κ1) is 25.4. The molecule has 0 spiro atoms. The average molecular weight is 575 g/mol. The van der Waals surface area contributed by atoms with Crippen LogP contribution in [0.5, 0.6) is 0 Å². The molecule has 29 heavy (non-hydrogen) atoms. The van der Waals surface area contributed by atoms with Crippen molar-refractivity contribution in [3.05, 3.63) is 70.2 Å². The third-order valence-electron chi connectivity index (χ3n) is 4.27. The Kier molecular flexibility index (Phi) is 12.6. The van der Waals surface area contributed by atoms with Crippen molar-refractivity contribution in [1.29, 1.82) is 0 Å². The monoisotopic (exact) mass is 574 g/mol. The van der Waals surface area contributed by atoms with Crippen LogP contribution in [0.25, 0.3) is 0 Å². The standard InChI is InChI=1S/C21H27BrN4O2.HI/c1-23-21(26-14-18(15-27)16-6-3-2-4-7-16)25-13-5-12-24-20(28)17-8-10-19(22)11-9-17;/h2-4,6-11,18,27H,5,12-15H2,1H3,(H,24,28)(H2,23,25,26);1H. The first-order valence-electron chi connectivity index (χ1n) is 9.28. The third kappa shape index (κ3) is 9.14. The minimum Gasteiger partial charge on any atom is -0.396 e. The Hall–Kier alpha value is -1.65. The van der Waals surface area contributed by atoms with E-state index in [4.69, 9.17) is 0 Å². The molecule has 2 rings (SSSR count). The van der Waals surface area contributed by atoms with Gasteiger partial charge >= 0.3 is 0 Å². The van der Waals surface area contributed by atoms with Crippen LogP contribution in [-0.4, -0.2) is 50.3 Å². The summed E-state index contributed by atoms with van der Waals surface area (Å²) in [6.45, 7) is 1.90. The molecular weight excluding hydrogens is 547 g/mol. The second kappa shape index (κ2) is 14.4. The maximum atomic E-state index is 12.0. The molecule has 0 saturated heterocycles. The van der Waals surface area contributed by atoms with Gasteiger partial charge in [-0.15, -0.1) is 24.0 Å². The van der Waals surface area contributed by atoms with Crippen LogP contribution < -0.4 is 16.0 Å². The van der Waals surface area contributed by atoms with Crippen molar-refractivity contribution in [2.24, 2.45) is 4.99 Å². The molecule has 2 aromatic rings. The lowest BCUT2D eigenvalue weighted by Crippen LogP contribution is -2.41. The van der Waals surface area contributed by atoms with E-state index in [1.807, 2.05) is 42.5 Å². The smallest absolute Gasteiger partial charge is 0.251 e. The molecule has 4 N–H and O–H groups in total. The van der Waals surface area contributed by atoms with Gasteiger partial charge in [0.15, 0.2) is 5.96 Å². The van der Waals surface area contributed by atoms with E-state index in [1.54, 1.807) is 19.2 Å². The van der Waals surface area contributed by atoms with E-state index < -0.39 is 0 Å². The van der Waals surface area contributed by atoms with Crippen molar-refractivity contribution in [2.75, 3.05) is 33.3 Å². The summed E-state index contributed by atoms with van der Waals surface area (Å²) in [6, 6.07) is 17.2. The van der Waals surface area contributed by atoms with Crippen molar-refractivity contribution < 1.29 is 9.90 Å². The Balaban J connectivity index is 0.00000420. The number of nitrogens with zero attached hydrogens (tertiary/aromatic N) is 1. The summed E-state index contributed by atoms with van der Waals surface area (Å²) >= 11 is 3.36. The van der Waals surface area contributed by atoms with E-state index >= 15 is 0 Å². The zero-order valence-corrected chi connectivity index (χ0v) is 20.3. The zero-order valence-electron chi connectivity index (χ0n) is 16.4. The highest BCUT2D eigenvalue weighted by molar-refractivity contribution is 14.0. The van der Waals surface area contributed by atoms with Gasteiger partial charge in [-0.05, 0) is 36.2 Å². The molecule has 0 aromatic heterocycles. The number of rotatable bonds is 9. The number of hydrogen-bond donors (Lipinski definition) is 4. The second-order valence-corrected chi connectivity index (χ2v) is 7.20. The maximum absolute atomic E-state index is 12.0. The predicted molar refractivity (Wildman–Crippen MR) is 132 cm³/mol. The molecule has 8 heteroatoms. The molecule has 6 nitrogen and oxygen atoms in total. The molecule has 0 heterocycles. The molecule has 0 aliphatic carbocycles. The van der Waals surface area contributed by atoms with E-state index in [-0.39, 0.29) is 42.4 Å². The van der Waals surface area contributed by atoms with Crippen molar-refractivity contribution in [3.63, 3.8) is 0 Å². The van der Waals surface area contributed by atoms with Gasteiger partial charge in [0.1, 0.15) is 0 Å². The molecule has 2 aromatic carbocycles. The van der Waals surface area contributed by atoms with E-state index in [0.717, 1.165) is 16.5 Å². The van der Waals surface area contributed by atoms with Crippen molar-refractivity contribution in [1.82, 2.24) is 16.0 Å². The molecule has 1 amide bonds. The number of aliphatic hydroxyl groups is 1. The topological polar surface area (TPSA) is 85.8 Å². The van der Waals surface area contributed by atoms with Crippen LogP contribution in [-0.2, 0) is 0 Å². The number of amides is 1. The predicted octanol–water partition coefficient (Wildman–Crippen LogP) is 3.13. The number of carbonyl (C=O) groups excluding carboxylic acids is 1. The molecule has 0 saturated carbocycles. The summed E-state index contributed by atoms with van der Waals surface area (Å²) in [5.74, 6) is 0.599. The SMILES string of the molecule is CN=C(NCCCNC(=O)c1ccc(Br)cc1)NCC(CO)c1ccccc1.I. The number of nitrogens with one attached hydrogen (secondary N) is 3. The quantitative estimate of drug-likeness (QED) is 0.160. The number of guanidine groups is 1. The summed E-state index contributed by atoms with van der Waals surface area (Å²) in [6.07, 6.45) is 0.769. The maximum Gasteiger partial charge on any atom is 0.251 e. The van der Waals surface area contributed by atoms with Crippen molar-refractivity contribution in [3.8, 4) is 0 Å². The Morgan fingerprint density at radius 1 is 1.03 bits per heavy atom. The minimum absolute atomic E-state index is 0. The average Bonchev–Trinajstić information content (AvgIpc) is 2.73. The number of aliphatic imine (C=N–C) groups is 1. The lowest BCUT2D eigenvalue weighted by atomic mass is 10.0. The Labute approximate surface area is 197 Å². The van der Waals surface area contributed by atoms with Crippen molar-refractivity contribution in [2.45, 2.75) is 12.3 Å². The van der Waals surface area contributed by atoms with Gasteiger partial charge in [-0.1, -0.05) is 46.3 Å². The van der Waals surface area contributed by atoms with Crippen LogP contribution in [0.15, 0.2) is 64.1 Å². The molecule has 0 aliphatic rings. The molecule has 158 valence electrons. The fraction of sp³-hybridized carbons (Fsp3) is 0.333. The molecular formula is C21H28BrIN4O2. The number of hydrogen-bond acceptors (Lipinski definition) is 3. The van der Waals surface area contributed by atoms with Crippen LogP contribution in [0, 0.1) is 0 Å². The summed E-state index contributed by atoms with van der Waals surface area (Å²) in [5, 5.41) is 19.0. The van der Waals surface area contributed by atoms with Crippen LogP contribution in [0.4, 0.5) is 0 Å². The van der Waals surface area contributed by atoms with Gasteiger partial charge in [0.05, 0.1) is 6.61 Å². The number of carbonyl (C=O) groups is 1. The van der Waals surface area contributed by atoms with E-state index in [2.05, 4.69) is 36.9 Å². The van der Waals surface area contributed by atoms with E-state index in [9.17, 15) is 9.90 Å². The normalized spacial score (nSPS) is 11.9. The fourth-order valence-electron chi connectivity index (χ4n) is 2.65. The zero-order chi connectivity index (χ0) is 20.2. The van der Waals surface area contributed by atoms with Crippen LogP contribution in [0.2, 0.25) is 0 Å². The molecule has 0 radical (unpaired) electrons. The number of aliphatic hydroxyl groups excluding tert-OH is 1. The van der Waals surface area contributed by atoms with Crippen molar-refractivity contribution >= 4 is 51.8 Å². The van der Waals surface area contributed by atoms with Gasteiger partial charge in [-0.3, -0.25) is 9.79 Å². The molecule has 0 bridgehead atoms. The third-order valence-corrected chi connectivity index (χ3v) is 4.80. The summed E-state index contributed by atoms with van der Waals surface area (Å²) in [5.41, 5.74) is 1.73. The first-order chi connectivity index (χ1) is 13.6. The Bertz CT molecular complexity index is 757.